The van der Waals surface area contributed by atoms with Gasteiger partial charge in [0.1, 0.15) is 16.1 Å². The van der Waals surface area contributed by atoms with Crippen LogP contribution in [0.2, 0.25) is 25.1 Å². The maximum absolute atomic E-state index is 12.9. The number of halogens is 8. The molecule has 0 unspecified atom stereocenters. The van der Waals surface area contributed by atoms with E-state index in [1.165, 1.54) is 18.2 Å². The predicted molar refractivity (Wildman–Crippen MR) is 92.7 cm³/mol. The lowest BCUT2D eigenvalue weighted by molar-refractivity contribution is -0.144. The van der Waals surface area contributed by atoms with E-state index >= 15 is 0 Å². The predicted octanol–water partition coefficient (Wildman–Crippen LogP) is 7.64. The molecule has 1 aromatic heterocycles. The van der Waals surface area contributed by atoms with Crippen molar-refractivity contribution in [3.8, 4) is 11.5 Å². The van der Waals surface area contributed by atoms with Crippen molar-refractivity contribution in [1.29, 1.82) is 0 Å². The van der Waals surface area contributed by atoms with E-state index in [1.807, 2.05) is 0 Å². The van der Waals surface area contributed by atoms with E-state index in [1.54, 1.807) is 0 Å². The van der Waals surface area contributed by atoms with Crippen molar-refractivity contribution < 1.29 is 17.9 Å². The van der Waals surface area contributed by atoms with E-state index in [0.717, 1.165) is 0 Å². The van der Waals surface area contributed by atoms with E-state index in [4.69, 9.17) is 62.7 Å². The van der Waals surface area contributed by atoms with Gasteiger partial charge in [0, 0.05) is 6.07 Å². The Bertz CT molecular complexity index is 987. The number of aromatic nitrogens is 2. The standard InChI is InChI=1S/C14H4Cl5F3N2O/c15-4-1-2-5(16)12(9(4)19)25-7-3-6(17)8(18)11-10(7)23-13(24-11)14(20,21)22/h1-3H,(H,23,24). The van der Waals surface area contributed by atoms with Gasteiger partial charge in [0.25, 0.3) is 0 Å². The van der Waals surface area contributed by atoms with E-state index in [-0.39, 0.29) is 47.6 Å². The van der Waals surface area contributed by atoms with Crippen molar-refractivity contribution in [2.75, 3.05) is 0 Å². The molecule has 0 spiro atoms. The fourth-order valence-corrected chi connectivity index (χ4v) is 2.98. The third-order valence-corrected chi connectivity index (χ3v) is 4.97. The summed E-state index contributed by atoms with van der Waals surface area (Å²) in [5.41, 5.74) is -0.320. The molecule has 0 aliphatic carbocycles. The average molecular weight is 450 g/mol. The van der Waals surface area contributed by atoms with Crippen LogP contribution in [-0.2, 0) is 6.18 Å². The number of fused-ring (bicyclic) bond motifs is 1. The molecule has 1 heterocycles. The first-order chi connectivity index (χ1) is 11.6. The number of alkyl halides is 3. The van der Waals surface area contributed by atoms with Crippen molar-refractivity contribution in [1.82, 2.24) is 9.97 Å². The molecule has 0 aliphatic heterocycles. The first kappa shape index (κ1) is 18.7. The van der Waals surface area contributed by atoms with Gasteiger partial charge in [0.05, 0.1) is 20.1 Å². The molecule has 0 atom stereocenters. The summed E-state index contributed by atoms with van der Waals surface area (Å²) in [4.78, 5) is 5.56. The number of imidazole rings is 1. The van der Waals surface area contributed by atoms with Gasteiger partial charge in [-0.2, -0.15) is 13.2 Å². The molecule has 132 valence electrons. The third-order valence-electron chi connectivity index (χ3n) is 3.11. The summed E-state index contributed by atoms with van der Waals surface area (Å²) in [6.45, 7) is 0. The Labute approximate surface area is 163 Å². The lowest BCUT2D eigenvalue weighted by atomic mass is 10.3. The van der Waals surface area contributed by atoms with Crippen LogP contribution in [0.5, 0.6) is 11.5 Å². The Morgan fingerprint density at radius 3 is 2.20 bits per heavy atom. The molecule has 0 saturated carbocycles. The minimum Gasteiger partial charge on any atom is -0.452 e. The summed E-state index contributed by atoms with van der Waals surface area (Å²) < 4.78 is 44.3. The molecule has 0 saturated heterocycles. The smallest absolute Gasteiger partial charge is 0.449 e. The second-order valence-electron chi connectivity index (χ2n) is 4.75. The lowest BCUT2D eigenvalue weighted by Crippen LogP contribution is -2.06. The van der Waals surface area contributed by atoms with Crippen molar-refractivity contribution >= 4 is 69.0 Å². The summed E-state index contributed by atoms with van der Waals surface area (Å²) in [7, 11) is 0. The molecule has 0 aliphatic rings. The number of aromatic amines is 1. The molecular weight excluding hydrogens is 446 g/mol. The Balaban J connectivity index is 2.22. The molecule has 0 amide bonds. The quantitative estimate of drug-likeness (QED) is 0.408. The number of ether oxygens (including phenoxy) is 1. The second kappa shape index (κ2) is 6.59. The minimum atomic E-state index is -4.71. The van der Waals surface area contributed by atoms with Crippen LogP contribution in [0.1, 0.15) is 5.82 Å². The molecule has 3 aromatic rings. The first-order valence-corrected chi connectivity index (χ1v) is 8.25. The Morgan fingerprint density at radius 1 is 0.920 bits per heavy atom. The third kappa shape index (κ3) is 3.46. The van der Waals surface area contributed by atoms with Gasteiger partial charge in [-0.15, -0.1) is 0 Å². The zero-order chi connectivity index (χ0) is 18.5. The van der Waals surface area contributed by atoms with E-state index in [0.29, 0.717) is 0 Å². The Morgan fingerprint density at radius 2 is 1.56 bits per heavy atom. The van der Waals surface area contributed by atoms with Gasteiger partial charge < -0.3 is 9.72 Å². The van der Waals surface area contributed by atoms with Gasteiger partial charge in [-0.1, -0.05) is 58.0 Å². The number of H-pyrrole nitrogens is 1. The number of benzene rings is 2. The summed E-state index contributed by atoms with van der Waals surface area (Å²) >= 11 is 29.9. The summed E-state index contributed by atoms with van der Waals surface area (Å²) in [5.74, 6) is -1.39. The highest BCUT2D eigenvalue weighted by Gasteiger charge is 2.36. The van der Waals surface area contributed by atoms with Crippen molar-refractivity contribution in [2.45, 2.75) is 6.18 Å². The lowest BCUT2D eigenvalue weighted by Gasteiger charge is -2.12. The first-order valence-electron chi connectivity index (χ1n) is 6.36. The van der Waals surface area contributed by atoms with Crippen LogP contribution < -0.4 is 4.74 Å². The normalized spacial score (nSPS) is 12.0. The second-order valence-corrected chi connectivity index (χ2v) is 6.73. The number of hydrogen-bond donors (Lipinski definition) is 1. The van der Waals surface area contributed by atoms with Gasteiger partial charge in [0.2, 0.25) is 5.82 Å². The molecule has 1 N–H and O–H groups in total. The van der Waals surface area contributed by atoms with E-state index in [2.05, 4.69) is 9.97 Å². The number of rotatable bonds is 2. The Kier molecular flexibility index (Phi) is 4.94. The SMILES string of the molecule is FC(F)(F)c1nc2c(Cl)c(Cl)cc(Oc3c(Cl)ccc(Cl)c3Cl)c2[nH]1. The van der Waals surface area contributed by atoms with Gasteiger partial charge in [-0.05, 0) is 12.1 Å². The molecule has 2 aromatic carbocycles. The number of nitrogens with one attached hydrogen (secondary N) is 1. The highest BCUT2D eigenvalue weighted by atomic mass is 35.5. The van der Waals surface area contributed by atoms with Crippen LogP contribution in [0.3, 0.4) is 0 Å². The zero-order valence-electron chi connectivity index (χ0n) is 11.6. The zero-order valence-corrected chi connectivity index (χ0v) is 15.4. The monoisotopic (exact) mass is 448 g/mol. The molecule has 11 heteroatoms. The summed E-state index contributed by atoms with van der Waals surface area (Å²) in [5, 5.41) is 0.0313. The molecule has 3 nitrogen and oxygen atoms in total. The summed E-state index contributed by atoms with van der Waals surface area (Å²) in [6.07, 6.45) is -4.71. The molecule has 0 bridgehead atoms. The van der Waals surface area contributed by atoms with Crippen LogP contribution in [0.4, 0.5) is 13.2 Å². The van der Waals surface area contributed by atoms with Gasteiger partial charge in [-0.25, -0.2) is 4.98 Å². The van der Waals surface area contributed by atoms with E-state index < -0.39 is 12.0 Å². The van der Waals surface area contributed by atoms with Crippen LogP contribution in [-0.4, -0.2) is 9.97 Å². The molecule has 25 heavy (non-hydrogen) atoms. The Hall–Kier alpha value is -1.05. The van der Waals surface area contributed by atoms with Gasteiger partial charge in [-0.3, -0.25) is 0 Å². The van der Waals surface area contributed by atoms with Crippen LogP contribution in [0, 0.1) is 0 Å². The van der Waals surface area contributed by atoms with Gasteiger partial charge in [0.15, 0.2) is 11.5 Å². The molecule has 3 rings (SSSR count). The maximum Gasteiger partial charge on any atom is 0.449 e. The van der Waals surface area contributed by atoms with Crippen LogP contribution >= 0.6 is 58.0 Å². The fourth-order valence-electron chi connectivity index (χ4n) is 2.00. The molecular formula is C14H4Cl5F3N2O. The number of nitrogens with zero attached hydrogens (tertiary/aromatic N) is 1. The molecule has 0 radical (unpaired) electrons. The van der Waals surface area contributed by atoms with Crippen molar-refractivity contribution in [2.24, 2.45) is 0 Å². The highest BCUT2D eigenvalue weighted by Crippen LogP contribution is 2.44. The molecule has 0 fully saturated rings. The van der Waals surface area contributed by atoms with Crippen LogP contribution in [0.15, 0.2) is 18.2 Å². The topological polar surface area (TPSA) is 37.9 Å². The maximum atomic E-state index is 12.9. The van der Waals surface area contributed by atoms with Crippen molar-refractivity contribution in [3.05, 3.63) is 49.1 Å². The average Bonchev–Trinajstić information content (AvgIpc) is 2.98. The highest BCUT2D eigenvalue weighted by molar-refractivity contribution is 6.46. The summed E-state index contributed by atoms with van der Waals surface area (Å²) in [6, 6.07) is 4.09. The van der Waals surface area contributed by atoms with Gasteiger partial charge >= 0.3 is 6.18 Å². The number of hydrogen-bond acceptors (Lipinski definition) is 2. The van der Waals surface area contributed by atoms with Crippen molar-refractivity contribution in [3.63, 3.8) is 0 Å². The largest absolute Gasteiger partial charge is 0.452 e. The van der Waals surface area contributed by atoms with Crippen LogP contribution in [0.25, 0.3) is 11.0 Å². The fraction of sp³-hybridized carbons (Fsp3) is 0.0714. The van der Waals surface area contributed by atoms with E-state index in [9.17, 15) is 13.2 Å². The minimum absolute atomic E-state index is 0.0102.